The van der Waals surface area contributed by atoms with Gasteiger partial charge in [0.05, 0.1) is 0 Å². The number of nitrogens with one attached hydrogen (secondary N) is 1. The van der Waals surface area contributed by atoms with Crippen LogP contribution in [0.2, 0.25) is 0 Å². The summed E-state index contributed by atoms with van der Waals surface area (Å²) < 4.78 is 5.04. The lowest BCUT2D eigenvalue weighted by Gasteiger charge is -2.13. The Bertz CT molecular complexity index is 714. The molecular weight excluding hydrogens is 298 g/mol. The number of pyridine rings is 1. The predicted molar refractivity (Wildman–Crippen MR) is 82.7 cm³/mol. The summed E-state index contributed by atoms with van der Waals surface area (Å²) in [6.07, 6.45) is 0.460. The number of hydrogen-bond acceptors (Lipinski definition) is 5. The van der Waals surface area contributed by atoms with E-state index in [0.29, 0.717) is 11.3 Å². The second kappa shape index (κ2) is 7.17. The fraction of sp³-hybridized carbons (Fsp3) is 0.125. The highest BCUT2D eigenvalue weighted by molar-refractivity contribution is 5.97. The molecule has 0 spiro atoms. The summed E-state index contributed by atoms with van der Waals surface area (Å²) in [6.45, 7) is 1.45. The second-order valence-electron chi connectivity index (χ2n) is 4.69. The number of carbonyl (C=O) groups is 3. The zero-order chi connectivity index (χ0) is 16.8. The molecule has 1 atom stereocenters. The molecular formula is C16H15N3O4. The minimum atomic E-state index is -1.000. The average Bonchev–Trinajstić information content (AvgIpc) is 2.56. The van der Waals surface area contributed by atoms with Gasteiger partial charge in [-0.3, -0.25) is 9.59 Å². The summed E-state index contributed by atoms with van der Waals surface area (Å²) in [5.41, 5.74) is 6.05. The molecule has 7 heteroatoms. The van der Waals surface area contributed by atoms with Gasteiger partial charge in [-0.25, -0.2) is 9.78 Å². The molecule has 0 fully saturated rings. The summed E-state index contributed by atoms with van der Waals surface area (Å²) >= 11 is 0. The fourth-order valence-corrected chi connectivity index (χ4v) is 1.72. The molecule has 0 bridgehead atoms. The molecule has 0 saturated heterocycles. The molecule has 1 heterocycles. The molecule has 1 aromatic carbocycles. The van der Waals surface area contributed by atoms with Crippen LogP contribution in [0, 0.1) is 0 Å². The minimum Gasteiger partial charge on any atom is -0.448 e. The molecule has 23 heavy (non-hydrogen) atoms. The number of carbonyl (C=O) groups excluding carboxylic acids is 3. The van der Waals surface area contributed by atoms with Gasteiger partial charge in [-0.05, 0) is 43.3 Å². The number of amides is 2. The fourth-order valence-electron chi connectivity index (χ4n) is 1.72. The van der Waals surface area contributed by atoms with Crippen LogP contribution in [0.3, 0.4) is 0 Å². The highest BCUT2D eigenvalue weighted by Crippen LogP contribution is 2.10. The van der Waals surface area contributed by atoms with E-state index >= 15 is 0 Å². The van der Waals surface area contributed by atoms with Crippen molar-refractivity contribution in [1.82, 2.24) is 4.98 Å². The van der Waals surface area contributed by atoms with Crippen molar-refractivity contribution in [2.45, 2.75) is 13.0 Å². The van der Waals surface area contributed by atoms with Crippen molar-refractivity contribution in [3.05, 3.63) is 59.9 Å². The first-order chi connectivity index (χ1) is 11.0. The van der Waals surface area contributed by atoms with Crippen LogP contribution >= 0.6 is 0 Å². The molecule has 7 nitrogen and oxygen atoms in total. The number of hydrogen-bond donors (Lipinski definition) is 2. The lowest BCUT2D eigenvalue weighted by molar-refractivity contribution is -0.123. The quantitative estimate of drug-likeness (QED) is 0.810. The summed E-state index contributed by atoms with van der Waals surface area (Å²) in [4.78, 5) is 38.6. The standard InChI is InChI=1S/C16H15N3O4/c1-10(23-16(22)13-4-2-3-9-18-13)15(21)19-12-7-5-11(6-8-12)14(17)20/h2-10H,1H3,(H2,17,20)(H,19,21)/t10-/m0/s1. The van der Waals surface area contributed by atoms with Crippen LogP contribution in [0.25, 0.3) is 0 Å². The Labute approximate surface area is 132 Å². The number of nitrogens with two attached hydrogens (primary N) is 1. The first kappa shape index (κ1) is 16.2. The summed E-state index contributed by atoms with van der Waals surface area (Å²) in [6, 6.07) is 10.9. The van der Waals surface area contributed by atoms with Gasteiger partial charge >= 0.3 is 5.97 Å². The van der Waals surface area contributed by atoms with E-state index < -0.39 is 23.9 Å². The second-order valence-corrected chi connectivity index (χ2v) is 4.69. The van der Waals surface area contributed by atoms with Crippen molar-refractivity contribution in [2.75, 3.05) is 5.32 Å². The van der Waals surface area contributed by atoms with Crippen LogP contribution in [-0.4, -0.2) is 28.9 Å². The van der Waals surface area contributed by atoms with E-state index in [1.165, 1.54) is 43.5 Å². The average molecular weight is 313 g/mol. The smallest absolute Gasteiger partial charge is 0.357 e. The van der Waals surface area contributed by atoms with Crippen LogP contribution < -0.4 is 11.1 Å². The maximum absolute atomic E-state index is 12.0. The Balaban J connectivity index is 1.94. The molecule has 118 valence electrons. The third kappa shape index (κ3) is 4.37. The summed E-state index contributed by atoms with van der Waals surface area (Å²) in [5, 5.41) is 2.58. The Morgan fingerprint density at radius 2 is 1.83 bits per heavy atom. The number of ether oxygens (including phenoxy) is 1. The molecule has 2 rings (SSSR count). The normalized spacial score (nSPS) is 11.3. The monoisotopic (exact) mass is 313 g/mol. The lowest BCUT2D eigenvalue weighted by atomic mass is 10.2. The van der Waals surface area contributed by atoms with Gasteiger partial charge in [-0.1, -0.05) is 6.07 Å². The SMILES string of the molecule is C[C@H](OC(=O)c1ccccn1)C(=O)Nc1ccc(C(N)=O)cc1. The first-order valence-electron chi connectivity index (χ1n) is 6.80. The molecule has 2 amide bonds. The van der Waals surface area contributed by atoms with Crippen LogP contribution in [0.4, 0.5) is 5.69 Å². The van der Waals surface area contributed by atoms with Gasteiger partial charge in [0.25, 0.3) is 5.91 Å². The topological polar surface area (TPSA) is 111 Å². The number of esters is 1. The van der Waals surface area contributed by atoms with Crippen molar-refractivity contribution >= 4 is 23.5 Å². The maximum atomic E-state index is 12.0. The molecule has 0 unspecified atom stereocenters. The van der Waals surface area contributed by atoms with Crippen molar-refractivity contribution < 1.29 is 19.1 Å². The van der Waals surface area contributed by atoms with Crippen molar-refractivity contribution in [3.63, 3.8) is 0 Å². The number of primary amides is 1. The van der Waals surface area contributed by atoms with Crippen LogP contribution in [0.15, 0.2) is 48.7 Å². The van der Waals surface area contributed by atoms with Gasteiger partial charge < -0.3 is 15.8 Å². The number of benzene rings is 1. The molecule has 0 aliphatic carbocycles. The van der Waals surface area contributed by atoms with Gasteiger partial charge in [-0.15, -0.1) is 0 Å². The Morgan fingerprint density at radius 3 is 2.39 bits per heavy atom. The van der Waals surface area contributed by atoms with E-state index in [1.807, 2.05) is 0 Å². The number of rotatable bonds is 5. The van der Waals surface area contributed by atoms with Crippen molar-refractivity contribution in [1.29, 1.82) is 0 Å². The van der Waals surface area contributed by atoms with Crippen molar-refractivity contribution in [2.24, 2.45) is 5.73 Å². The summed E-state index contributed by atoms with van der Waals surface area (Å²) in [5.74, 6) is -1.74. The molecule has 0 aliphatic heterocycles. The van der Waals surface area contributed by atoms with E-state index in [-0.39, 0.29) is 5.69 Å². The van der Waals surface area contributed by atoms with Gasteiger partial charge in [0.1, 0.15) is 5.69 Å². The van der Waals surface area contributed by atoms with Crippen LogP contribution in [0.1, 0.15) is 27.8 Å². The Hall–Kier alpha value is -3.22. The first-order valence-corrected chi connectivity index (χ1v) is 6.80. The van der Waals surface area contributed by atoms with Crippen LogP contribution in [-0.2, 0) is 9.53 Å². The highest BCUT2D eigenvalue weighted by Gasteiger charge is 2.19. The Kier molecular flexibility index (Phi) is 5.03. The third-order valence-corrected chi connectivity index (χ3v) is 2.96. The van der Waals surface area contributed by atoms with E-state index in [1.54, 1.807) is 12.1 Å². The van der Waals surface area contributed by atoms with Crippen LogP contribution in [0.5, 0.6) is 0 Å². The zero-order valence-corrected chi connectivity index (χ0v) is 12.4. The van der Waals surface area contributed by atoms with Gasteiger partial charge in [0.2, 0.25) is 5.91 Å². The van der Waals surface area contributed by atoms with E-state index in [4.69, 9.17) is 10.5 Å². The lowest BCUT2D eigenvalue weighted by Crippen LogP contribution is -2.30. The molecule has 0 aliphatic rings. The number of nitrogens with zero attached hydrogens (tertiary/aromatic N) is 1. The molecule has 2 aromatic rings. The van der Waals surface area contributed by atoms with E-state index in [9.17, 15) is 14.4 Å². The minimum absolute atomic E-state index is 0.123. The maximum Gasteiger partial charge on any atom is 0.357 e. The molecule has 3 N–H and O–H groups in total. The molecule has 1 aromatic heterocycles. The summed E-state index contributed by atoms with van der Waals surface area (Å²) in [7, 11) is 0. The van der Waals surface area contributed by atoms with Crippen molar-refractivity contribution in [3.8, 4) is 0 Å². The predicted octanol–water partition coefficient (Wildman–Crippen LogP) is 1.36. The number of aromatic nitrogens is 1. The zero-order valence-electron chi connectivity index (χ0n) is 12.4. The van der Waals surface area contributed by atoms with Gasteiger partial charge in [0, 0.05) is 17.4 Å². The highest BCUT2D eigenvalue weighted by atomic mass is 16.5. The largest absolute Gasteiger partial charge is 0.448 e. The Morgan fingerprint density at radius 1 is 1.13 bits per heavy atom. The number of anilines is 1. The van der Waals surface area contributed by atoms with Gasteiger partial charge in [0.15, 0.2) is 6.10 Å². The van der Waals surface area contributed by atoms with E-state index in [0.717, 1.165) is 0 Å². The van der Waals surface area contributed by atoms with Gasteiger partial charge in [-0.2, -0.15) is 0 Å². The molecule has 0 saturated carbocycles. The third-order valence-electron chi connectivity index (χ3n) is 2.96. The molecule has 0 radical (unpaired) electrons. The van der Waals surface area contributed by atoms with E-state index in [2.05, 4.69) is 10.3 Å².